The molecule has 130 valence electrons. The van der Waals surface area contributed by atoms with Crippen LogP contribution in [-0.2, 0) is 10.2 Å². The van der Waals surface area contributed by atoms with Crippen LogP contribution in [0.3, 0.4) is 0 Å². The molecule has 0 unspecified atom stereocenters. The Bertz CT molecular complexity index is 791. The van der Waals surface area contributed by atoms with Crippen LogP contribution in [0.5, 0.6) is 5.75 Å². The number of rotatable bonds is 7. The molecular formula is C18H17FN2O4. The standard InChI is InChI=1S/C18H17FN2O4/c19-14-6-7-15(21(23)24)16(10-14)25-11-17(22)20-12-18(8-9-18)13-4-2-1-3-5-13/h1-7,10H,8-9,11-12H2,(H,20,22). The summed E-state index contributed by atoms with van der Waals surface area (Å²) in [5.74, 6) is -1.33. The molecule has 0 heterocycles. The fourth-order valence-electron chi connectivity index (χ4n) is 2.73. The van der Waals surface area contributed by atoms with E-state index in [0.717, 1.165) is 31.0 Å². The largest absolute Gasteiger partial charge is 0.477 e. The van der Waals surface area contributed by atoms with Gasteiger partial charge in [-0.15, -0.1) is 0 Å². The fraction of sp³-hybridized carbons (Fsp3) is 0.278. The summed E-state index contributed by atoms with van der Waals surface area (Å²) in [6.45, 7) is 0.0691. The van der Waals surface area contributed by atoms with Crippen LogP contribution < -0.4 is 10.1 Å². The minimum absolute atomic E-state index is 0.0399. The van der Waals surface area contributed by atoms with Gasteiger partial charge in [0.15, 0.2) is 6.61 Å². The van der Waals surface area contributed by atoms with Gasteiger partial charge in [0.1, 0.15) is 5.82 Å². The summed E-state index contributed by atoms with van der Waals surface area (Å²) < 4.78 is 18.4. The highest BCUT2D eigenvalue weighted by Crippen LogP contribution is 2.47. The molecule has 1 aliphatic rings. The number of carbonyl (C=O) groups is 1. The molecule has 0 aromatic heterocycles. The van der Waals surface area contributed by atoms with Crippen molar-refractivity contribution < 1.29 is 18.8 Å². The van der Waals surface area contributed by atoms with Gasteiger partial charge in [-0.2, -0.15) is 0 Å². The van der Waals surface area contributed by atoms with E-state index in [1.54, 1.807) is 0 Å². The summed E-state index contributed by atoms with van der Waals surface area (Å²) >= 11 is 0. The lowest BCUT2D eigenvalue weighted by molar-refractivity contribution is -0.385. The van der Waals surface area contributed by atoms with Crippen LogP contribution in [0.1, 0.15) is 18.4 Å². The van der Waals surface area contributed by atoms with E-state index < -0.39 is 23.3 Å². The monoisotopic (exact) mass is 344 g/mol. The summed E-state index contributed by atoms with van der Waals surface area (Å²) in [6, 6.07) is 12.8. The maximum Gasteiger partial charge on any atom is 0.311 e. The molecule has 1 N–H and O–H groups in total. The second-order valence-corrected chi connectivity index (χ2v) is 6.08. The number of carbonyl (C=O) groups excluding carboxylic acids is 1. The second kappa shape index (κ2) is 6.88. The lowest BCUT2D eigenvalue weighted by Gasteiger charge is -2.16. The number of nitrogens with one attached hydrogen (secondary N) is 1. The summed E-state index contributed by atoms with van der Waals surface area (Å²) in [5.41, 5.74) is 0.760. The molecule has 1 saturated carbocycles. The third-order valence-corrected chi connectivity index (χ3v) is 4.34. The fourth-order valence-corrected chi connectivity index (χ4v) is 2.73. The average molecular weight is 344 g/mol. The first-order chi connectivity index (χ1) is 12.0. The molecular weight excluding hydrogens is 327 g/mol. The molecule has 3 rings (SSSR count). The third-order valence-electron chi connectivity index (χ3n) is 4.34. The third kappa shape index (κ3) is 3.93. The van der Waals surface area contributed by atoms with E-state index in [2.05, 4.69) is 5.32 Å². The van der Waals surface area contributed by atoms with Crippen molar-refractivity contribution in [1.82, 2.24) is 5.32 Å². The quantitative estimate of drug-likeness (QED) is 0.618. The van der Waals surface area contributed by atoms with Crippen molar-refractivity contribution in [2.75, 3.05) is 13.2 Å². The molecule has 0 spiro atoms. The van der Waals surface area contributed by atoms with E-state index in [-0.39, 0.29) is 16.9 Å². The Hall–Kier alpha value is -2.96. The number of benzene rings is 2. The lowest BCUT2D eigenvalue weighted by Crippen LogP contribution is -2.35. The zero-order valence-corrected chi connectivity index (χ0v) is 13.4. The second-order valence-electron chi connectivity index (χ2n) is 6.08. The summed E-state index contributed by atoms with van der Waals surface area (Å²) in [7, 11) is 0. The Balaban J connectivity index is 1.56. The molecule has 0 saturated heterocycles. The van der Waals surface area contributed by atoms with Crippen LogP contribution in [0.4, 0.5) is 10.1 Å². The SMILES string of the molecule is O=C(COc1cc(F)ccc1[N+](=O)[O-])NCC1(c2ccccc2)CC1. The van der Waals surface area contributed by atoms with Crippen LogP contribution >= 0.6 is 0 Å². The molecule has 0 aliphatic heterocycles. The topological polar surface area (TPSA) is 81.5 Å². The average Bonchev–Trinajstić information content (AvgIpc) is 3.40. The summed E-state index contributed by atoms with van der Waals surface area (Å²) in [4.78, 5) is 22.2. The highest BCUT2D eigenvalue weighted by atomic mass is 19.1. The van der Waals surface area contributed by atoms with Crippen LogP contribution in [0.25, 0.3) is 0 Å². The highest BCUT2D eigenvalue weighted by molar-refractivity contribution is 5.77. The summed E-state index contributed by atoms with van der Waals surface area (Å²) in [6.07, 6.45) is 1.99. The first kappa shape index (κ1) is 16.9. The predicted molar refractivity (Wildman–Crippen MR) is 88.9 cm³/mol. The van der Waals surface area contributed by atoms with Crippen molar-refractivity contribution in [1.29, 1.82) is 0 Å². The molecule has 1 aliphatic carbocycles. The Kier molecular flexibility index (Phi) is 4.65. The van der Waals surface area contributed by atoms with Crippen molar-refractivity contribution in [3.63, 3.8) is 0 Å². The smallest absolute Gasteiger partial charge is 0.311 e. The molecule has 2 aromatic rings. The van der Waals surface area contributed by atoms with E-state index in [4.69, 9.17) is 4.74 Å². The molecule has 2 aromatic carbocycles. The molecule has 0 atom stereocenters. The van der Waals surface area contributed by atoms with Gasteiger partial charge in [-0.25, -0.2) is 4.39 Å². The number of nitro benzene ring substituents is 1. The molecule has 1 amide bonds. The van der Waals surface area contributed by atoms with Gasteiger partial charge in [0.05, 0.1) is 4.92 Å². The molecule has 7 heteroatoms. The zero-order chi connectivity index (χ0) is 17.9. The Labute approximate surface area is 143 Å². The van der Waals surface area contributed by atoms with Crippen molar-refractivity contribution in [2.24, 2.45) is 0 Å². The maximum absolute atomic E-state index is 13.2. The van der Waals surface area contributed by atoms with E-state index in [0.29, 0.717) is 6.54 Å². The Morgan fingerprint density at radius 3 is 2.60 bits per heavy atom. The highest BCUT2D eigenvalue weighted by Gasteiger charge is 2.44. The van der Waals surface area contributed by atoms with Gasteiger partial charge >= 0.3 is 5.69 Å². The minimum Gasteiger partial charge on any atom is -0.477 e. The van der Waals surface area contributed by atoms with E-state index >= 15 is 0 Å². The van der Waals surface area contributed by atoms with E-state index in [9.17, 15) is 19.3 Å². The van der Waals surface area contributed by atoms with Gasteiger partial charge in [0, 0.05) is 24.1 Å². The first-order valence-corrected chi connectivity index (χ1v) is 7.89. The van der Waals surface area contributed by atoms with Gasteiger partial charge in [0.2, 0.25) is 5.75 Å². The van der Waals surface area contributed by atoms with Crippen LogP contribution in [-0.4, -0.2) is 24.0 Å². The predicted octanol–water partition coefficient (Wildman–Crippen LogP) is 2.96. The molecule has 6 nitrogen and oxygen atoms in total. The number of nitrogens with zero attached hydrogens (tertiary/aromatic N) is 1. The van der Waals surface area contributed by atoms with E-state index in [1.807, 2.05) is 30.3 Å². The van der Waals surface area contributed by atoms with Crippen LogP contribution in [0.2, 0.25) is 0 Å². The van der Waals surface area contributed by atoms with Gasteiger partial charge in [0.25, 0.3) is 5.91 Å². The number of halogens is 1. The van der Waals surface area contributed by atoms with Gasteiger partial charge in [-0.05, 0) is 24.5 Å². The number of ether oxygens (including phenoxy) is 1. The number of hydrogen-bond acceptors (Lipinski definition) is 4. The van der Waals surface area contributed by atoms with Crippen molar-refractivity contribution in [3.8, 4) is 5.75 Å². The minimum atomic E-state index is -0.679. The van der Waals surface area contributed by atoms with Crippen LogP contribution in [0, 0.1) is 15.9 Å². The number of hydrogen-bond donors (Lipinski definition) is 1. The van der Waals surface area contributed by atoms with Crippen molar-refractivity contribution in [3.05, 3.63) is 70.0 Å². The number of nitro groups is 1. The number of amides is 1. The Morgan fingerprint density at radius 2 is 1.96 bits per heavy atom. The maximum atomic E-state index is 13.2. The van der Waals surface area contributed by atoms with Gasteiger partial charge < -0.3 is 10.1 Å². The normalized spacial score (nSPS) is 14.6. The molecule has 25 heavy (non-hydrogen) atoms. The van der Waals surface area contributed by atoms with Gasteiger partial charge in [-0.1, -0.05) is 30.3 Å². The van der Waals surface area contributed by atoms with E-state index in [1.165, 1.54) is 5.56 Å². The van der Waals surface area contributed by atoms with Crippen molar-refractivity contribution >= 4 is 11.6 Å². The first-order valence-electron chi connectivity index (χ1n) is 7.89. The van der Waals surface area contributed by atoms with Crippen molar-refractivity contribution in [2.45, 2.75) is 18.3 Å². The Morgan fingerprint density at radius 1 is 1.24 bits per heavy atom. The van der Waals surface area contributed by atoms with Crippen LogP contribution in [0.15, 0.2) is 48.5 Å². The summed E-state index contributed by atoms with van der Waals surface area (Å²) in [5, 5.41) is 13.7. The lowest BCUT2D eigenvalue weighted by atomic mass is 9.96. The molecule has 1 fully saturated rings. The molecule has 0 bridgehead atoms. The van der Waals surface area contributed by atoms with Gasteiger partial charge in [-0.3, -0.25) is 14.9 Å². The molecule has 0 radical (unpaired) electrons. The zero-order valence-electron chi connectivity index (χ0n) is 13.4.